The first-order valence-corrected chi connectivity index (χ1v) is 10.8. The zero-order valence-electron chi connectivity index (χ0n) is 16.5. The number of nitrogens with one attached hydrogen (secondary N) is 2. The minimum absolute atomic E-state index is 0.0444. The van der Waals surface area contributed by atoms with E-state index in [0.717, 1.165) is 21.3 Å². The van der Waals surface area contributed by atoms with E-state index in [-0.39, 0.29) is 18.0 Å². The van der Waals surface area contributed by atoms with Gasteiger partial charge in [0.05, 0.1) is 17.2 Å². The van der Waals surface area contributed by atoms with Gasteiger partial charge in [-0.3, -0.25) is 4.79 Å². The van der Waals surface area contributed by atoms with Crippen molar-refractivity contribution >= 4 is 34.2 Å². The van der Waals surface area contributed by atoms with Gasteiger partial charge in [0.15, 0.2) is 0 Å². The molecule has 1 fully saturated rings. The van der Waals surface area contributed by atoms with Crippen molar-refractivity contribution in [2.75, 3.05) is 18.4 Å². The van der Waals surface area contributed by atoms with E-state index < -0.39 is 28.8 Å². The van der Waals surface area contributed by atoms with E-state index in [4.69, 9.17) is 5.26 Å². The highest BCUT2D eigenvalue weighted by molar-refractivity contribution is 14.1. The largest absolute Gasteiger partial charge is 0.417 e. The van der Waals surface area contributed by atoms with Gasteiger partial charge in [-0.1, -0.05) is 12.1 Å². The van der Waals surface area contributed by atoms with Gasteiger partial charge < -0.3 is 15.7 Å². The van der Waals surface area contributed by atoms with E-state index in [1.807, 2.05) is 24.3 Å². The SMILES string of the molecule is N#Cc1ccc(NC(=O)C(O)(Cc2cccc(I)c2)C2CCNCC2)cc1C(F)(F)F. The van der Waals surface area contributed by atoms with Crippen LogP contribution in [-0.2, 0) is 17.4 Å². The van der Waals surface area contributed by atoms with Gasteiger partial charge in [0.1, 0.15) is 5.60 Å². The van der Waals surface area contributed by atoms with Gasteiger partial charge in [-0.25, -0.2) is 0 Å². The summed E-state index contributed by atoms with van der Waals surface area (Å²) in [7, 11) is 0. The normalized spacial score (nSPS) is 16.9. The van der Waals surface area contributed by atoms with Crippen LogP contribution in [0.5, 0.6) is 0 Å². The maximum atomic E-state index is 13.3. The molecular weight excluding hydrogens is 522 g/mol. The zero-order chi connectivity index (χ0) is 22.6. The van der Waals surface area contributed by atoms with Gasteiger partial charge in [-0.15, -0.1) is 0 Å². The lowest BCUT2D eigenvalue weighted by atomic mass is 9.76. The first-order chi connectivity index (χ1) is 14.6. The van der Waals surface area contributed by atoms with E-state index >= 15 is 0 Å². The molecule has 1 unspecified atom stereocenters. The predicted molar refractivity (Wildman–Crippen MR) is 118 cm³/mol. The van der Waals surface area contributed by atoms with Crippen molar-refractivity contribution in [3.63, 3.8) is 0 Å². The second kappa shape index (κ2) is 9.54. The summed E-state index contributed by atoms with van der Waals surface area (Å²) in [5, 5.41) is 26.1. The van der Waals surface area contributed by atoms with E-state index in [0.29, 0.717) is 25.9 Å². The summed E-state index contributed by atoms with van der Waals surface area (Å²) in [4.78, 5) is 13.2. The van der Waals surface area contributed by atoms with Crippen LogP contribution in [0.1, 0.15) is 29.5 Å². The van der Waals surface area contributed by atoms with Gasteiger partial charge in [0.25, 0.3) is 5.91 Å². The molecule has 1 saturated heterocycles. The van der Waals surface area contributed by atoms with Gasteiger partial charge >= 0.3 is 6.18 Å². The van der Waals surface area contributed by atoms with Gasteiger partial charge in [0.2, 0.25) is 0 Å². The molecule has 3 N–H and O–H groups in total. The van der Waals surface area contributed by atoms with Crippen LogP contribution >= 0.6 is 22.6 Å². The third-order valence-corrected chi connectivity index (χ3v) is 6.14. The molecule has 3 rings (SSSR count). The number of nitrogens with zero attached hydrogens (tertiary/aromatic N) is 1. The number of anilines is 1. The lowest BCUT2D eigenvalue weighted by Gasteiger charge is -2.37. The molecule has 0 bridgehead atoms. The lowest BCUT2D eigenvalue weighted by Crippen LogP contribution is -2.53. The number of benzene rings is 2. The molecular formula is C22H21F3IN3O2. The minimum atomic E-state index is -4.74. The molecule has 31 heavy (non-hydrogen) atoms. The van der Waals surface area contributed by atoms with Crippen molar-refractivity contribution in [2.24, 2.45) is 5.92 Å². The molecule has 0 aromatic heterocycles. The quantitative estimate of drug-likeness (QED) is 0.497. The van der Waals surface area contributed by atoms with Crippen LogP contribution in [0.25, 0.3) is 0 Å². The third-order valence-electron chi connectivity index (χ3n) is 5.47. The topological polar surface area (TPSA) is 85.2 Å². The molecule has 0 spiro atoms. The number of aliphatic hydroxyl groups is 1. The van der Waals surface area contributed by atoms with Crippen molar-refractivity contribution < 1.29 is 23.1 Å². The fourth-order valence-electron chi connectivity index (χ4n) is 3.86. The average Bonchev–Trinajstić information content (AvgIpc) is 2.73. The second-order valence-electron chi connectivity index (χ2n) is 7.58. The van der Waals surface area contributed by atoms with Crippen LogP contribution in [-0.4, -0.2) is 29.7 Å². The smallest absolute Gasteiger partial charge is 0.379 e. The van der Waals surface area contributed by atoms with E-state index in [9.17, 15) is 23.1 Å². The maximum absolute atomic E-state index is 13.3. The number of piperidine rings is 1. The summed E-state index contributed by atoms with van der Waals surface area (Å²) < 4.78 is 40.8. The second-order valence-corrected chi connectivity index (χ2v) is 8.82. The number of amides is 1. The molecule has 9 heteroatoms. The molecule has 1 aliphatic heterocycles. The molecule has 1 amide bonds. The number of halogens is 4. The van der Waals surface area contributed by atoms with Crippen molar-refractivity contribution in [1.29, 1.82) is 5.26 Å². The molecule has 2 aromatic carbocycles. The van der Waals surface area contributed by atoms with Crippen molar-refractivity contribution in [1.82, 2.24) is 5.32 Å². The Morgan fingerprint density at radius 3 is 2.55 bits per heavy atom. The van der Waals surface area contributed by atoms with Crippen LogP contribution in [0, 0.1) is 20.8 Å². The lowest BCUT2D eigenvalue weighted by molar-refractivity contribution is -0.141. The summed E-state index contributed by atoms with van der Waals surface area (Å²) in [6, 6.07) is 11.9. The van der Waals surface area contributed by atoms with Crippen LogP contribution in [0.15, 0.2) is 42.5 Å². The Labute approximate surface area is 191 Å². The Bertz CT molecular complexity index is 1000. The fraction of sp³-hybridized carbons (Fsp3) is 0.364. The molecule has 1 heterocycles. The average molecular weight is 543 g/mol. The van der Waals surface area contributed by atoms with Crippen LogP contribution in [0.4, 0.5) is 18.9 Å². The van der Waals surface area contributed by atoms with E-state index in [1.54, 1.807) is 0 Å². The minimum Gasteiger partial charge on any atom is -0.379 e. The number of carbonyl (C=O) groups is 1. The predicted octanol–water partition coefficient (Wildman–Crippen LogP) is 4.09. The Morgan fingerprint density at radius 1 is 1.23 bits per heavy atom. The molecule has 5 nitrogen and oxygen atoms in total. The Kier molecular flexibility index (Phi) is 7.24. The van der Waals surface area contributed by atoms with Gasteiger partial charge in [-0.2, -0.15) is 18.4 Å². The molecule has 0 radical (unpaired) electrons. The van der Waals surface area contributed by atoms with Crippen molar-refractivity contribution in [2.45, 2.75) is 31.0 Å². The number of hydrogen-bond donors (Lipinski definition) is 3. The van der Waals surface area contributed by atoms with Crippen LogP contribution in [0.3, 0.4) is 0 Å². The maximum Gasteiger partial charge on any atom is 0.417 e. The Balaban J connectivity index is 1.92. The number of rotatable bonds is 5. The highest BCUT2D eigenvalue weighted by Crippen LogP contribution is 2.35. The van der Waals surface area contributed by atoms with Crippen molar-refractivity contribution in [3.05, 3.63) is 62.7 Å². The fourth-order valence-corrected chi connectivity index (χ4v) is 4.47. The highest BCUT2D eigenvalue weighted by atomic mass is 127. The number of nitriles is 1. The van der Waals surface area contributed by atoms with Gasteiger partial charge in [-0.05, 0) is 90.3 Å². The first-order valence-electron chi connectivity index (χ1n) is 9.74. The monoisotopic (exact) mass is 543 g/mol. The molecule has 164 valence electrons. The molecule has 0 saturated carbocycles. The number of carbonyl (C=O) groups excluding carboxylic acids is 1. The molecule has 0 aliphatic carbocycles. The van der Waals surface area contributed by atoms with E-state index in [2.05, 4.69) is 33.2 Å². The van der Waals surface area contributed by atoms with Crippen molar-refractivity contribution in [3.8, 4) is 6.07 Å². The number of hydrogen-bond acceptors (Lipinski definition) is 4. The Hall–Kier alpha value is -2.16. The van der Waals surface area contributed by atoms with Crippen LogP contribution in [0.2, 0.25) is 0 Å². The first kappa shape index (κ1) is 23.5. The summed E-state index contributed by atoms with van der Waals surface area (Å²) in [6.45, 7) is 1.28. The Morgan fingerprint density at radius 2 is 1.94 bits per heavy atom. The highest BCUT2D eigenvalue weighted by Gasteiger charge is 2.44. The van der Waals surface area contributed by atoms with Crippen LogP contribution < -0.4 is 10.6 Å². The molecule has 1 aliphatic rings. The van der Waals surface area contributed by atoms with Gasteiger partial charge in [0, 0.05) is 15.7 Å². The zero-order valence-corrected chi connectivity index (χ0v) is 18.6. The third kappa shape index (κ3) is 5.56. The summed E-state index contributed by atoms with van der Waals surface area (Å²) in [5.41, 5.74) is -2.81. The summed E-state index contributed by atoms with van der Waals surface area (Å²) in [5.74, 6) is -1.11. The summed E-state index contributed by atoms with van der Waals surface area (Å²) in [6.07, 6.45) is -3.56. The molecule has 2 aromatic rings. The standard InChI is InChI=1S/C22H21F3IN3O2/c23-22(24,25)19-11-18(5-4-15(19)13-27)29-20(30)21(31,16-6-8-28-9-7-16)12-14-2-1-3-17(26)10-14/h1-5,10-11,16,28,31H,6-9,12H2,(H,29,30). The molecule has 1 atom stereocenters. The summed E-state index contributed by atoms with van der Waals surface area (Å²) >= 11 is 2.14. The number of alkyl halides is 3. The van der Waals surface area contributed by atoms with E-state index in [1.165, 1.54) is 12.1 Å².